The van der Waals surface area contributed by atoms with Gasteiger partial charge in [-0.1, -0.05) is 0 Å². The van der Waals surface area contributed by atoms with E-state index in [4.69, 9.17) is 0 Å². The Kier molecular flexibility index (Phi) is 2.26. The summed E-state index contributed by atoms with van der Waals surface area (Å²) in [6, 6.07) is 0. The molecule has 100 valence electrons. The molecule has 5 rings (SSSR count). The Balaban J connectivity index is 1.82. The van der Waals surface area contributed by atoms with Crippen LogP contribution < -0.4 is 0 Å². The highest BCUT2D eigenvalue weighted by molar-refractivity contribution is 5.88. The van der Waals surface area contributed by atoms with E-state index in [0.29, 0.717) is 5.56 Å². The Bertz CT molecular complexity index is 505. The minimum atomic E-state index is -0.883. The lowest BCUT2D eigenvalue weighted by molar-refractivity contribution is -0.00795. The first-order valence-electron chi connectivity index (χ1n) is 7.20. The minimum Gasteiger partial charge on any atom is -0.478 e. The molecule has 4 aliphatic rings. The molecule has 0 radical (unpaired) electrons. The second kappa shape index (κ2) is 3.78. The normalized spacial score (nSPS) is 39.5. The zero-order valence-electron chi connectivity index (χ0n) is 10.9. The number of rotatable bonds is 2. The summed E-state index contributed by atoms with van der Waals surface area (Å²) in [7, 11) is 0. The molecule has 0 atom stereocenters. The molecule has 4 saturated carbocycles. The largest absolute Gasteiger partial charge is 0.478 e. The smallest absolute Gasteiger partial charge is 0.339 e. The van der Waals surface area contributed by atoms with E-state index >= 15 is 0 Å². The van der Waals surface area contributed by atoms with E-state index in [0.717, 1.165) is 42.7 Å². The van der Waals surface area contributed by atoms with Crippen molar-refractivity contribution in [2.24, 2.45) is 17.8 Å². The zero-order valence-corrected chi connectivity index (χ0v) is 10.9. The Morgan fingerprint density at radius 3 is 2.26 bits per heavy atom. The summed E-state index contributed by atoms with van der Waals surface area (Å²) in [6.45, 7) is 0. The lowest BCUT2D eigenvalue weighted by atomic mass is 9.48. The van der Waals surface area contributed by atoms with E-state index < -0.39 is 5.97 Å². The molecule has 0 aliphatic heterocycles. The number of carbonyl (C=O) groups is 1. The quantitative estimate of drug-likeness (QED) is 0.885. The molecule has 19 heavy (non-hydrogen) atoms. The summed E-state index contributed by atoms with van der Waals surface area (Å²) in [4.78, 5) is 19.7. The van der Waals surface area contributed by atoms with Crippen LogP contribution in [0.25, 0.3) is 0 Å². The fraction of sp³-hybridized carbons (Fsp3) is 0.667. The van der Waals surface area contributed by atoms with Crippen molar-refractivity contribution < 1.29 is 9.90 Å². The van der Waals surface area contributed by atoms with Gasteiger partial charge in [0, 0.05) is 11.6 Å². The molecule has 0 aromatic carbocycles. The molecule has 0 spiro atoms. The highest BCUT2D eigenvalue weighted by Gasteiger charge is 2.53. The molecule has 4 heteroatoms. The molecule has 0 unspecified atom stereocenters. The monoisotopic (exact) mass is 258 g/mol. The highest BCUT2D eigenvalue weighted by Crippen LogP contribution is 2.60. The Hall–Kier alpha value is -1.45. The molecule has 1 aromatic heterocycles. The van der Waals surface area contributed by atoms with Gasteiger partial charge in [-0.25, -0.2) is 14.8 Å². The Labute approximate surface area is 112 Å². The van der Waals surface area contributed by atoms with Gasteiger partial charge in [-0.3, -0.25) is 0 Å². The maximum absolute atomic E-state index is 11.4. The van der Waals surface area contributed by atoms with Crippen molar-refractivity contribution in [2.75, 3.05) is 0 Å². The van der Waals surface area contributed by atoms with Crippen LogP contribution in [0.1, 0.15) is 54.6 Å². The molecule has 4 fully saturated rings. The zero-order chi connectivity index (χ0) is 13.0. The summed E-state index contributed by atoms with van der Waals surface area (Å²) in [5.41, 5.74) is 1.17. The van der Waals surface area contributed by atoms with Crippen LogP contribution in [-0.4, -0.2) is 21.0 Å². The third-order valence-corrected chi connectivity index (χ3v) is 5.48. The standard InChI is InChI=1S/C15H18N2O2/c18-14(19)12-7-16-8-17-13(12)15-4-9-1-10(5-15)3-11(2-9)6-15/h7-11H,1-6H2,(H,18,19). The Morgan fingerprint density at radius 2 is 1.74 bits per heavy atom. The van der Waals surface area contributed by atoms with Crippen LogP contribution in [0.15, 0.2) is 12.5 Å². The molecular formula is C15H18N2O2. The minimum absolute atomic E-state index is 0.0331. The van der Waals surface area contributed by atoms with Crippen LogP contribution in [0.5, 0.6) is 0 Å². The van der Waals surface area contributed by atoms with Crippen molar-refractivity contribution in [1.29, 1.82) is 0 Å². The van der Waals surface area contributed by atoms with Gasteiger partial charge >= 0.3 is 5.97 Å². The van der Waals surface area contributed by atoms with Crippen LogP contribution in [0, 0.1) is 17.8 Å². The molecule has 4 aliphatic carbocycles. The van der Waals surface area contributed by atoms with Crippen molar-refractivity contribution in [3.05, 3.63) is 23.8 Å². The average Bonchev–Trinajstić information content (AvgIpc) is 2.37. The van der Waals surface area contributed by atoms with Crippen LogP contribution in [0.2, 0.25) is 0 Å². The summed E-state index contributed by atoms with van der Waals surface area (Å²) >= 11 is 0. The van der Waals surface area contributed by atoms with E-state index in [1.165, 1.54) is 31.8 Å². The van der Waals surface area contributed by atoms with Crippen LogP contribution in [0.4, 0.5) is 0 Å². The van der Waals surface area contributed by atoms with Crippen molar-refractivity contribution in [2.45, 2.75) is 43.9 Å². The number of aromatic nitrogens is 2. The predicted octanol–water partition coefficient (Wildman–Crippen LogP) is 2.64. The van der Waals surface area contributed by atoms with E-state index in [1.54, 1.807) is 0 Å². The lowest BCUT2D eigenvalue weighted by Gasteiger charge is -2.56. The number of nitrogens with zero attached hydrogens (tertiary/aromatic N) is 2. The van der Waals surface area contributed by atoms with Crippen LogP contribution in [-0.2, 0) is 5.41 Å². The third kappa shape index (κ3) is 1.62. The van der Waals surface area contributed by atoms with Gasteiger partial charge in [-0.15, -0.1) is 0 Å². The number of hydrogen-bond donors (Lipinski definition) is 1. The van der Waals surface area contributed by atoms with Gasteiger partial charge in [0.2, 0.25) is 0 Å². The van der Waals surface area contributed by atoms with Gasteiger partial charge in [0.25, 0.3) is 0 Å². The van der Waals surface area contributed by atoms with Gasteiger partial charge in [0.05, 0.1) is 11.3 Å². The second-order valence-corrected chi connectivity index (χ2v) is 6.79. The molecule has 4 nitrogen and oxygen atoms in total. The first-order valence-corrected chi connectivity index (χ1v) is 7.20. The molecule has 0 saturated heterocycles. The van der Waals surface area contributed by atoms with Crippen molar-refractivity contribution in [1.82, 2.24) is 9.97 Å². The summed E-state index contributed by atoms with van der Waals surface area (Å²) in [5, 5.41) is 9.39. The van der Waals surface area contributed by atoms with Gasteiger partial charge in [0.15, 0.2) is 0 Å². The fourth-order valence-corrected chi connectivity index (χ4v) is 5.31. The lowest BCUT2D eigenvalue weighted by Crippen LogP contribution is -2.49. The number of aromatic carboxylic acids is 1. The van der Waals surface area contributed by atoms with Crippen LogP contribution in [0.3, 0.4) is 0 Å². The molecule has 1 aromatic rings. The van der Waals surface area contributed by atoms with Gasteiger partial charge < -0.3 is 5.11 Å². The summed E-state index contributed by atoms with van der Waals surface area (Å²) < 4.78 is 0. The molecule has 4 bridgehead atoms. The molecule has 1 heterocycles. The Morgan fingerprint density at radius 1 is 1.16 bits per heavy atom. The summed E-state index contributed by atoms with van der Waals surface area (Å²) in [5.74, 6) is 1.50. The van der Waals surface area contributed by atoms with Gasteiger partial charge in [-0.2, -0.15) is 0 Å². The topological polar surface area (TPSA) is 63.1 Å². The molecular weight excluding hydrogens is 240 g/mol. The van der Waals surface area contributed by atoms with Crippen molar-refractivity contribution >= 4 is 5.97 Å². The third-order valence-electron chi connectivity index (χ3n) is 5.48. The van der Waals surface area contributed by atoms with E-state index in [-0.39, 0.29) is 5.41 Å². The highest BCUT2D eigenvalue weighted by atomic mass is 16.4. The maximum Gasteiger partial charge on any atom is 0.339 e. The van der Waals surface area contributed by atoms with E-state index in [1.807, 2.05) is 0 Å². The molecule has 0 amide bonds. The van der Waals surface area contributed by atoms with Crippen molar-refractivity contribution in [3.8, 4) is 0 Å². The first-order chi connectivity index (χ1) is 9.16. The number of hydrogen-bond acceptors (Lipinski definition) is 3. The average molecular weight is 258 g/mol. The maximum atomic E-state index is 11.4. The van der Waals surface area contributed by atoms with Crippen LogP contribution >= 0.6 is 0 Å². The second-order valence-electron chi connectivity index (χ2n) is 6.79. The van der Waals surface area contributed by atoms with E-state index in [2.05, 4.69) is 9.97 Å². The number of carboxylic acids is 1. The van der Waals surface area contributed by atoms with Crippen molar-refractivity contribution in [3.63, 3.8) is 0 Å². The SMILES string of the molecule is O=C(O)c1cncnc1C12CC3CC(CC(C3)C1)C2. The predicted molar refractivity (Wildman–Crippen MR) is 68.8 cm³/mol. The van der Waals surface area contributed by atoms with E-state index in [9.17, 15) is 9.90 Å². The molecule has 1 N–H and O–H groups in total. The first kappa shape index (κ1) is 11.4. The fourth-order valence-electron chi connectivity index (χ4n) is 5.31. The van der Waals surface area contributed by atoms with Gasteiger partial charge in [0.1, 0.15) is 6.33 Å². The van der Waals surface area contributed by atoms with Gasteiger partial charge in [-0.05, 0) is 56.3 Å². The summed E-state index contributed by atoms with van der Waals surface area (Å²) in [6.07, 6.45) is 10.5. The number of carboxylic acid groups (broad SMARTS) is 1.